The number of hydrogen-bond donors (Lipinski definition) is 1. The van der Waals surface area contributed by atoms with Crippen molar-refractivity contribution in [2.75, 3.05) is 6.54 Å². The van der Waals surface area contributed by atoms with Gasteiger partial charge in [0, 0.05) is 5.92 Å². The van der Waals surface area contributed by atoms with Crippen molar-refractivity contribution in [2.24, 2.45) is 17.6 Å². The fourth-order valence-corrected chi connectivity index (χ4v) is 3.58. The lowest BCUT2D eigenvalue weighted by molar-refractivity contribution is -0.154. The Morgan fingerprint density at radius 2 is 1.95 bits per heavy atom. The Balaban J connectivity index is 2.23. The number of esters is 1. The summed E-state index contributed by atoms with van der Waals surface area (Å²) < 4.78 is 5.67. The SMILES string of the molecule is CC1CCC(C(C)(C)c2ccccc2)C(OC(=O)CN)C1. The van der Waals surface area contributed by atoms with Gasteiger partial charge in [0.1, 0.15) is 6.10 Å². The second kappa shape index (κ2) is 6.61. The summed E-state index contributed by atoms with van der Waals surface area (Å²) in [5, 5.41) is 0. The summed E-state index contributed by atoms with van der Waals surface area (Å²) in [4.78, 5) is 11.6. The molecule has 2 rings (SSSR count). The van der Waals surface area contributed by atoms with E-state index in [4.69, 9.17) is 10.5 Å². The Morgan fingerprint density at radius 1 is 1.29 bits per heavy atom. The van der Waals surface area contributed by atoms with Crippen LogP contribution >= 0.6 is 0 Å². The average molecular weight is 289 g/mol. The summed E-state index contributed by atoms with van der Waals surface area (Å²) in [5.41, 5.74) is 6.71. The highest BCUT2D eigenvalue weighted by atomic mass is 16.5. The lowest BCUT2D eigenvalue weighted by atomic mass is 9.64. The maximum absolute atomic E-state index is 11.6. The zero-order valence-electron chi connectivity index (χ0n) is 13.3. The molecule has 3 nitrogen and oxygen atoms in total. The maximum atomic E-state index is 11.6. The van der Waals surface area contributed by atoms with Crippen LogP contribution in [0.2, 0.25) is 0 Å². The molecule has 1 fully saturated rings. The van der Waals surface area contributed by atoms with Gasteiger partial charge in [-0.3, -0.25) is 4.79 Å². The van der Waals surface area contributed by atoms with Crippen molar-refractivity contribution in [3.05, 3.63) is 35.9 Å². The third-order valence-electron chi connectivity index (χ3n) is 4.95. The number of hydrogen-bond acceptors (Lipinski definition) is 3. The van der Waals surface area contributed by atoms with Gasteiger partial charge in [0.2, 0.25) is 0 Å². The molecule has 0 saturated heterocycles. The molecular weight excluding hydrogens is 262 g/mol. The van der Waals surface area contributed by atoms with Crippen molar-refractivity contribution in [1.29, 1.82) is 0 Å². The van der Waals surface area contributed by atoms with Gasteiger partial charge in [0.05, 0.1) is 6.54 Å². The Morgan fingerprint density at radius 3 is 2.57 bits per heavy atom. The van der Waals surface area contributed by atoms with Crippen molar-refractivity contribution >= 4 is 5.97 Å². The molecule has 3 heteroatoms. The van der Waals surface area contributed by atoms with Crippen LogP contribution in [0.25, 0.3) is 0 Å². The molecule has 0 aromatic heterocycles. The second-order valence-electron chi connectivity index (χ2n) is 6.84. The van der Waals surface area contributed by atoms with Crippen LogP contribution in [0.5, 0.6) is 0 Å². The molecule has 1 aromatic rings. The van der Waals surface area contributed by atoms with E-state index < -0.39 is 0 Å². The number of rotatable bonds is 4. The minimum Gasteiger partial charge on any atom is -0.461 e. The van der Waals surface area contributed by atoms with E-state index in [1.807, 2.05) is 6.07 Å². The molecule has 3 unspecified atom stereocenters. The minimum absolute atomic E-state index is 0.0130. The van der Waals surface area contributed by atoms with Gasteiger partial charge >= 0.3 is 5.97 Å². The monoisotopic (exact) mass is 289 g/mol. The highest BCUT2D eigenvalue weighted by Gasteiger charge is 2.41. The minimum atomic E-state index is -0.289. The van der Waals surface area contributed by atoms with E-state index in [1.54, 1.807) is 0 Å². The van der Waals surface area contributed by atoms with Crippen molar-refractivity contribution in [2.45, 2.75) is 51.6 Å². The zero-order chi connectivity index (χ0) is 15.5. The molecule has 116 valence electrons. The zero-order valence-corrected chi connectivity index (χ0v) is 13.3. The van der Waals surface area contributed by atoms with Crippen LogP contribution in [-0.2, 0) is 14.9 Å². The number of nitrogens with two attached hydrogens (primary N) is 1. The van der Waals surface area contributed by atoms with E-state index in [9.17, 15) is 4.79 Å². The highest BCUT2D eigenvalue weighted by Crippen LogP contribution is 2.43. The normalized spacial score (nSPS) is 26.4. The van der Waals surface area contributed by atoms with E-state index in [1.165, 1.54) is 12.0 Å². The summed E-state index contributed by atoms with van der Waals surface area (Å²) in [7, 11) is 0. The summed E-state index contributed by atoms with van der Waals surface area (Å²) in [6, 6.07) is 10.5. The fraction of sp³-hybridized carbons (Fsp3) is 0.611. The molecule has 3 atom stereocenters. The summed E-state index contributed by atoms with van der Waals surface area (Å²) in [6.45, 7) is 6.71. The Kier molecular flexibility index (Phi) is 5.04. The molecule has 0 aliphatic heterocycles. The van der Waals surface area contributed by atoms with Crippen LogP contribution < -0.4 is 5.73 Å². The topological polar surface area (TPSA) is 52.3 Å². The van der Waals surface area contributed by atoms with E-state index in [2.05, 4.69) is 45.0 Å². The maximum Gasteiger partial charge on any atom is 0.319 e. The Bertz CT molecular complexity index is 469. The number of ether oxygens (including phenoxy) is 1. The molecular formula is C18H27NO2. The van der Waals surface area contributed by atoms with Crippen LogP contribution in [0.4, 0.5) is 0 Å². The smallest absolute Gasteiger partial charge is 0.319 e. The fourth-order valence-electron chi connectivity index (χ4n) is 3.58. The molecule has 0 bridgehead atoms. The van der Waals surface area contributed by atoms with Gasteiger partial charge in [-0.25, -0.2) is 0 Å². The van der Waals surface area contributed by atoms with Gasteiger partial charge in [-0.15, -0.1) is 0 Å². The van der Waals surface area contributed by atoms with Crippen LogP contribution in [0.3, 0.4) is 0 Å². The summed E-state index contributed by atoms with van der Waals surface area (Å²) in [5.74, 6) is 0.651. The standard InChI is InChI=1S/C18H27NO2/c1-13-9-10-15(16(11-13)21-17(20)12-19)18(2,3)14-7-5-4-6-8-14/h4-8,13,15-16H,9-12,19H2,1-3H3. The van der Waals surface area contributed by atoms with Gasteiger partial charge < -0.3 is 10.5 Å². The van der Waals surface area contributed by atoms with Gasteiger partial charge in [0.25, 0.3) is 0 Å². The van der Waals surface area contributed by atoms with E-state index >= 15 is 0 Å². The number of carbonyl (C=O) groups is 1. The molecule has 0 spiro atoms. The molecule has 0 radical (unpaired) electrons. The number of carbonyl (C=O) groups excluding carboxylic acids is 1. The van der Waals surface area contributed by atoms with Crippen LogP contribution in [0.15, 0.2) is 30.3 Å². The first-order valence-corrected chi connectivity index (χ1v) is 7.90. The van der Waals surface area contributed by atoms with Crippen LogP contribution in [0, 0.1) is 11.8 Å². The van der Waals surface area contributed by atoms with E-state index in [-0.39, 0.29) is 24.0 Å². The lowest BCUT2D eigenvalue weighted by Crippen LogP contribution is -2.44. The van der Waals surface area contributed by atoms with Crippen LogP contribution in [0.1, 0.15) is 45.6 Å². The Labute approximate surface area is 127 Å². The molecule has 1 aliphatic carbocycles. The van der Waals surface area contributed by atoms with Crippen molar-refractivity contribution in [3.8, 4) is 0 Å². The van der Waals surface area contributed by atoms with Crippen molar-refractivity contribution in [1.82, 2.24) is 0 Å². The van der Waals surface area contributed by atoms with E-state index in [0.29, 0.717) is 11.8 Å². The summed E-state index contributed by atoms with van der Waals surface area (Å²) in [6.07, 6.45) is 3.19. The lowest BCUT2D eigenvalue weighted by Gasteiger charge is -2.43. The third-order valence-corrected chi connectivity index (χ3v) is 4.95. The predicted octanol–water partition coefficient (Wildman–Crippen LogP) is 3.27. The van der Waals surface area contributed by atoms with Gasteiger partial charge in [-0.05, 0) is 29.7 Å². The van der Waals surface area contributed by atoms with Gasteiger partial charge in [-0.1, -0.05) is 57.5 Å². The first-order valence-electron chi connectivity index (χ1n) is 7.90. The molecule has 1 saturated carbocycles. The van der Waals surface area contributed by atoms with Crippen molar-refractivity contribution in [3.63, 3.8) is 0 Å². The quantitative estimate of drug-likeness (QED) is 0.866. The first-order chi connectivity index (χ1) is 9.95. The predicted molar refractivity (Wildman–Crippen MR) is 84.9 cm³/mol. The van der Waals surface area contributed by atoms with Gasteiger partial charge in [-0.2, -0.15) is 0 Å². The first kappa shape index (κ1) is 16.0. The van der Waals surface area contributed by atoms with Gasteiger partial charge in [0.15, 0.2) is 0 Å². The molecule has 1 aromatic carbocycles. The average Bonchev–Trinajstić information content (AvgIpc) is 2.48. The van der Waals surface area contributed by atoms with E-state index in [0.717, 1.165) is 12.8 Å². The molecule has 21 heavy (non-hydrogen) atoms. The molecule has 2 N–H and O–H groups in total. The third kappa shape index (κ3) is 3.65. The van der Waals surface area contributed by atoms with Crippen LogP contribution in [-0.4, -0.2) is 18.6 Å². The second-order valence-corrected chi connectivity index (χ2v) is 6.84. The number of benzene rings is 1. The highest BCUT2D eigenvalue weighted by molar-refractivity contribution is 5.71. The summed E-state index contributed by atoms with van der Waals surface area (Å²) >= 11 is 0. The Hall–Kier alpha value is -1.35. The largest absolute Gasteiger partial charge is 0.461 e. The van der Waals surface area contributed by atoms with Crippen molar-refractivity contribution < 1.29 is 9.53 Å². The molecule has 0 amide bonds. The molecule has 1 aliphatic rings. The molecule has 0 heterocycles.